The molecule has 2 unspecified atom stereocenters. The second kappa shape index (κ2) is 8.48. The third-order valence-electron chi connectivity index (χ3n) is 5.10. The fourth-order valence-electron chi connectivity index (χ4n) is 3.93. The standard InChI is InChI=1S/C21H26ClNOS/c1-3-25-13-15-5-4-6-19-20(12-23-21(15)19)18(9-10-24)17-8-7-16(22)11-14(17)2/h4-8,11,18,20,23-24H,3,9-10,12-13H2,1-2H3. The van der Waals surface area contributed by atoms with E-state index in [4.69, 9.17) is 11.6 Å². The number of thioether (sulfide) groups is 1. The number of rotatable bonds is 7. The third kappa shape index (κ3) is 3.99. The molecule has 3 rings (SSSR count). The summed E-state index contributed by atoms with van der Waals surface area (Å²) >= 11 is 8.10. The number of hydrogen-bond donors (Lipinski definition) is 2. The van der Waals surface area contributed by atoms with Crippen molar-refractivity contribution < 1.29 is 5.11 Å². The topological polar surface area (TPSA) is 32.3 Å². The Bertz CT molecular complexity index is 734. The second-order valence-electron chi connectivity index (χ2n) is 6.63. The minimum atomic E-state index is 0.198. The number of halogens is 1. The lowest BCUT2D eigenvalue weighted by Crippen LogP contribution is -2.16. The zero-order valence-corrected chi connectivity index (χ0v) is 16.5. The molecule has 0 saturated heterocycles. The van der Waals surface area contributed by atoms with Crippen molar-refractivity contribution in [3.05, 3.63) is 63.7 Å². The van der Waals surface area contributed by atoms with Crippen LogP contribution in [0.15, 0.2) is 36.4 Å². The van der Waals surface area contributed by atoms with E-state index >= 15 is 0 Å². The summed E-state index contributed by atoms with van der Waals surface area (Å²) < 4.78 is 0. The van der Waals surface area contributed by atoms with Crippen molar-refractivity contribution in [2.75, 3.05) is 24.2 Å². The van der Waals surface area contributed by atoms with Gasteiger partial charge in [-0.15, -0.1) is 0 Å². The van der Waals surface area contributed by atoms with E-state index in [1.807, 2.05) is 23.9 Å². The monoisotopic (exact) mass is 375 g/mol. The molecule has 2 N–H and O–H groups in total. The van der Waals surface area contributed by atoms with Crippen molar-refractivity contribution in [2.24, 2.45) is 0 Å². The van der Waals surface area contributed by atoms with Crippen LogP contribution in [0.1, 0.15) is 47.4 Å². The molecule has 0 aromatic heterocycles. The molecule has 2 aromatic rings. The smallest absolute Gasteiger partial charge is 0.0437 e. The molecule has 0 spiro atoms. The van der Waals surface area contributed by atoms with Crippen molar-refractivity contribution in [3.63, 3.8) is 0 Å². The molecule has 2 aromatic carbocycles. The van der Waals surface area contributed by atoms with Gasteiger partial charge in [-0.2, -0.15) is 11.8 Å². The number of aliphatic hydroxyl groups is 1. The van der Waals surface area contributed by atoms with Gasteiger partial charge < -0.3 is 10.4 Å². The summed E-state index contributed by atoms with van der Waals surface area (Å²) in [6, 6.07) is 12.8. The van der Waals surface area contributed by atoms with Gasteiger partial charge in [0.25, 0.3) is 0 Å². The molecule has 2 atom stereocenters. The minimum absolute atomic E-state index is 0.198. The molecule has 0 bridgehead atoms. The van der Waals surface area contributed by atoms with Crippen molar-refractivity contribution in [2.45, 2.75) is 37.9 Å². The molecule has 0 fully saturated rings. The largest absolute Gasteiger partial charge is 0.396 e. The number of nitrogens with one attached hydrogen (secondary N) is 1. The average molecular weight is 376 g/mol. The highest BCUT2D eigenvalue weighted by atomic mass is 35.5. The first kappa shape index (κ1) is 18.6. The van der Waals surface area contributed by atoms with Crippen LogP contribution in [0.25, 0.3) is 0 Å². The van der Waals surface area contributed by atoms with Crippen LogP contribution in [0.4, 0.5) is 5.69 Å². The minimum Gasteiger partial charge on any atom is -0.396 e. The van der Waals surface area contributed by atoms with Gasteiger partial charge in [0.2, 0.25) is 0 Å². The molecular formula is C21H26ClNOS. The van der Waals surface area contributed by atoms with Gasteiger partial charge in [0.05, 0.1) is 0 Å². The van der Waals surface area contributed by atoms with Crippen LogP contribution in [-0.4, -0.2) is 24.0 Å². The lowest BCUT2D eigenvalue weighted by atomic mass is 9.79. The van der Waals surface area contributed by atoms with Gasteiger partial charge >= 0.3 is 0 Å². The molecule has 0 radical (unpaired) electrons. The van der Waals surface area contributed by atoms with Crippen molar-refractivity contribution in [1.29, 1.82) is 0 Å². The first-order valence-corrected chi connectivity index (χ1v) is 10.5. The maximum atomic E-state index is 9.67. The number of anilines is 1. The van der Waals surface area contributed by atoms with Crippen LogP contribution in [0, 0.1) is 6.92 Å². The van der Waals surface area contributed by atoms with Gasteiger partial charge in [0.15, 0.2) is 0 Å². The first-order valence-electron chi connectivity index (χ1n) is 8.96. The van der Waals surface area contributed by atoms with Gasteiger partial charge in [-0.25, -0.2) is 0 Å². The SMILES string of the molecule is CCSCc1cccc2c1NCC2C(CCO)c1ccc(Cl)cc1C. The van der Waals surface area contributed by atoms with E-state index in [1.165, 1.54) is 27.9 Å². The molecule has 134 valence electrons. The Balaban J connectivity index is 1.95. The summed E-state index contributed by atoms with van der Waals surface area (Å²) in [4.78, 5) is 0. The molecule has 2 nitrogen and oxygen atoms in total. The summed E-state index contributed by atoms with van der Waals surface area (Å²) in [7, 11) is 0. The first-order chi connectivity index (χ1) is 12.2. The number of fused-ring (bicyclic) bond motifs is 1. The highest BCUT2D eigenvalue weighted by Gasteiger charge is 2.32. The zero-order valence-electron chi connectivity index (χ0n) is 14.9. The fraction of sp³-hybridized carbons (Fsp3) is 0.429. The maximum Gasteiger partial charge on any atom is 0.0437 e. The van der Waals surface area contributed by atoms with Crippen molar-refractivity contribution >= 4 is 29.1 Å². The number of para-hydroxylation sites is 1. The Hall–Kier alpha value is -1.16. The van der Waals surface area contributed by atoms with E-state index in [-0.39, 0.29) is 6.61 Å². The Labute approximate surface area is 160 Å². The molecular weight excluding hydrogens is 350 g/mol. The predicted molar refractivity (Wildman–Crippen MR) is 110 cm³/mol. The van der Waals surface area contributed by atoms with E-state index < -0.39 is 0 Å². The number of hydrogen-bond acceptors (Lipinski definition) is 3. The summed E-state index contributed by atoms with van der Waals surface area (Å²) in [5.41, 5.74) is 6.59. The van der Waals surface area contributed by atoms with Crippen LogP contribution < -0.4 is 5.32 Å². The van der Waals surface area contributed by atoms with Crippen molar-refractivity contribution in [1.82, 2.24) is 0 Å². The fourth-order valence-corrected chi connectivity index (χ4v) is 4.82. The van der Waals surface area contributed by atoms with E-state index in [0.717, 1.165) is 29.5 Å². The Morgan fingerprint density at radius 3 is 2.88 bits per heavy atom. The maximum absolute atomic E-state index is 9.67. The highest BCUT2D eigenvalue weighted by Crippen LogP contribution is 2.45. The molecule has 0 amide bonds. The highest BCUT2D eigenvalue weighted by molar-refractivity contribution is 7.98. The van der Waals surface area contributed by atoms with Crippen LogP contribution >= 0.6 is 23.4 Å². The molecule has 1 aliphatic heterocycles. The van der Waals surface area contributed by atoms with Gasteiger partial charge in [-0.05, 0) is 59.4 Å². The van der Waals surface area contributed by atoms with Crippen LogP contribution in [0.5, 0.6) is 0 Å². The van der Waals surface area contributed by atoms with Gasteiger partial charge in [0.1, 0.15) is 0 Å². The molecule has 4 heteroatoms. The number of aliphatic hydroxyl groups excluding tert-OH is 1. The van der Waals surface area contributed by atoms with Crippen LogP contribution in [-0.2, 0) is 5.75 Å². The molecule has 1 aliphatic rings. The lowest BCUT2D eigenvalue weighted by molar-refractivity contribution is 0.268. The Morgan fingerprint density at radius 1 is 1.32 bits per heavy atom. The number of benzene rings is 2. The molecule has 1 heterocycles. The van der Waals surface area contributed by atoms with Gasteiger partial charge in [0, 0.05) is 35.5 Å². The van der Waals surface area contributed by atoms with Gasteiger partial charge in [-0.3, -0.25) is 0 Å². The summed E-state index contributed by atoms with van der Waals surface area (Å²) in [6.45, 7) is 5.44. The molecule has 0 aliphatic carbocycles. The summed E-state index contributed by atoms with van der Waals surface area (Å²) in [6.07, 6.45) is 0.766. The lowest BCUT2D eigenvalue weighted by Gasteiger charge is -2.25. The molecule has 0 saturated carbocycles. The number of aryl methyl sites for hydroxylation is 1. The second-order valence-corrected chi connectivity index (χ2v) is 8.34. The van der Waals surface area contributed by atoms with Gasteiger partial charge in [-0.1, -0.05) is 42.8 Å². The summed E-state index contributed by atoms with van der Waals surface area (Å²) in [5, 5.41) is 14.1. The third-order valence-corrected chi connectivity index (χ3v) is 6.26. The van der Waals surface area contributed by atoms with Crippen LogP contribution in [0.3, 0.4) is 0 Å². The summed E-state index contributed by atoms with van der Waals surface area (Å²) in [5.74, 6) is 2.85. The van der Waals surface area contributed by atoms with Crippen LogP contribution in [0.2, 0.25) is 5.02 Å². The van der Waals surface area contributed by atoms with E-state index in [0.29, 0.717) is 11.8 Å². The Morgan fingerprint density at radius 2 is 2.16 bits per heavy atom. The van der Waals surface area contributed by atoms with E-state index in [9.17, 15) is 5.11 Å². The zero-order chi connectivity index (χ0) is 17.8. The van der Waals surface area contributed by atoms with Crippen molar-refractivity contribution in [3.8, 4) is 0 Å². The molecule has 25 heavy (non-hydrogen) atoms. The Kier molecular flexibility index (Phi) is 6.32. The van der Waals surface area contributed by atoms with E-state index in [2.05, 4.69) is 43.4 Å². The average Bonchev–Trinajstić information content (AvgIpc) is 3.03. The normalized spacial score (nSPS) is 17.2. The van der Waals surface area contributed by atoms with E-state index in [1.54, 1.807) is 0 Å². The predicted octanol–water partition coefficient (Wildman–Crippen LogP) is 5.58. The quantitative estimate of drug-likeness (QED) is 0.662.